The Morgan fingerprint density at radius 2 is 1.94 bits per heavy atom. The Kier molecular flexibility index (Phi) is 5.67. The number of nitro benzene ring substituents is 1. The number of hydrogen-bond acceptors (Lipinski definition) is 9. The predicted molar refractivity (Wildman–Crippen MR) is 128 cm³/mol. The van der Waals surface area contributed by atoms with Crippen molar-refractivity contribution >= 4 is 39.3 Å². The average Bonchev–Trinajstić information content (AvgIpc) is 3.42. The van der Waals surface area contributed by atoms with E-state index in [2.05, 4.69) is 20.6 Å². The number of carbonyl (C=O) groups excluding carboxylic acids is 1. The highest BCUT2D eigenvalue weighted by Gasteiger charge is 2.23. The van der Waals surface area contributed by atoms with Gasteiger partial charge in [-0.1, -0.05) is 23.5 Å². The number of aromatic nitrogens is 4. The summed E-state index contributed by atoms with van der Waals surface area (Å²) < 4.78 is 7.08. The van der Waals surface area contributed by atoms with Crippen LogP contribution in [0.1, 0.15) is 21.7 Å². The van der Waals surface area contributed by atoms with E-state index < -0.39 is 10.8 Å². The molecule has 0 bridgehead atoms. The number of carbonyl (C=O) groups is 1. The first-order chi connectivity index (χ1) is 16.4. The SMILES string of the molecule is Cc1ccc(-c2nn3c(C)nnc3s2)cc1NC(=O)c1cc([N+](=O)[O-])ccc1N1CCOCC1. The molecule has 12 heteroatoms. The molecule has 2 aromatic carbocycles. The number of rotatable bonds is 5. The second kappa shape index (κ2) is 8.80. The number of non-ortho nitro benzene ring substituents is 1. The molecular weight excluding hydrogens is 458 g/mol. The van der Waals surface area contributed by atoms with Gasteiger partial charge in [-0.2, -0.15) is 9.61 Å². The second-order valence-corrected chi connectivity index (χ2v) is 8.85. The number of ether oxygens (including phenoxy) is 1. The number of nitrogens with zero attached hydrogens (tertiary/aromatic N) is 6. The van der Waals surface area contributed by atoms with Crippen molar-refractivity contribution in [2.45, 2.75) is 13.8 Å². The molecule has 174 valence electrons. The number of morpholine rings is 1. The quantitative estimate of drug-likeness (QED) is 0.340. The lowest BCUT2D eigenvalue weighted by Crippen LogP contribution is -2.37. The Bertz CT molecular complexity index is 1410. The molecule has 0 atom stereocenters. The molecule has 1 N–H and O–H groups in total. The van der Waals surface area contributed by atoms with E-state index in [1.807, 2.05) is 36.9 Å². The van der Waals surface area contributed by atoms with Crippen LogP contribution in [0.25, 0.3) is 15.5 Å². The molecule has 2 aromatic heterocycles. The zero-order valence-electron chi connectivity index (χ0n) is 18.5. The van der Waals surface area contributed by atoms with Crippen LogP contribution in [0.2, 0.25) is 0 Å². The van der Waals surface area contributed by atoms with Crippen molar-refractivity contribution in [2.24, 2.45) is 0 Å². The number of aryl methyl sites for hydroxylation is 2. The molecule has 0 unspecified atom stereocenters. The fraction of sp³-hybridized carbons (Fsp3) is 0.273. The van der Waals surface area contributed by atoms with Crippen molar-refractivity contribution in [3.05, 3.63) is 63.5 Å². The van der Waals surface area contributed by atoms with Crippen molar-refractivity contribution in [3.8, 4) is 10.6 Å². The Labute approximate surface area is 198 Å². The fourth-order valence-corrected chi connectivity index (χ4v) is 4.69. The van der Waals surface area contributed by atoms with Crippen molar-refractivity contribution in [1.82, 2.24) is 19.8 Å². The molecule has 4 aromatic rings. The van der Waals surface area contributed by atoms with Crippen LogP contribution in [-0.2, 0) is 4.74 Å². The van der Waals surface area contributed by atoms with E-state index in [1.165, 1.54) is 23.5 Å². The highest BCUT2D eigenvalue weighted by Crippen LogP contribution is 2.31. The van der Waals surface area contributed by atoms with Gasteiger partial charge in [0.15, 0.2) is 5.82 Å². The number of nitrogens with one attached hydrogen (secondary N) is 1. The number of amides is 1. The van der Waals surface area contributed by atoms with Crippen molar-refractivity contribution in [1.29, 1.82) is 0 Å². The van der Waals surface area contributed by atoms with E-state index in [0.29, 0.717) is 48.5 Å². The van der Waals surface area contributed by atoms with Crippen molar-refractivity contribution in [2.75, 3.05) is 36.5 Å². The smallest absolute Gasteiger partial charge is 0.270 e. The molecule has 0 spiro atoms. The van der Waals surface area contributed by atoms with Gasteiger partial charge in [0.2, 0.25) is 4.96 Å². The van der Waals surface area contributed by atoms with E-state index in [-0.39, 0.29) is 11.3 Å². The van der Waals surface area contributed by atoms with E-state index in [4.69, 9.17) is 4.74 Å². The van der Waals surface area contributed by atoms with Gasteiger partial charge >= 0.3 is 0 Å². The summed E-state index contributed by atoms with van der Waals surface area (Å²) in [6.45, 7) is 5.99. The third-order valence-electron chi connectivity index (χ3n) is 5.67. The zero-order valence-corrected chi connectivity index (χ0v) is 19.3. The van der Waals surface area contributed by atoms with Crippen LogP contribution < -0.4 is 10.2 Å². The van der Waals surface area contributed by atoms with Crippen LogP contribution in [0, 0.1) is 24.0 Å². The topological polar surface area (TPSA) is 128 Å². The van der Waals surface area contributed by atoms with Crippen LogP contribution in [0.15, 0.2) is 36.4 Å². The summed E-state index contributed by atoms with van der Waals surface area (Å²) in [7, 11) is 0. The molecule has 1 amide bonds. The Morgan fingerprint density at radius 3 is 2.68 bits per heavy atom. The van der Waals surface area contributed by atoms with Crippen molar-refractivity contribution < 1.29 is 14.5 Å². The minimum Gasteiger partial charge on any atom is -0.378 e. The van der Waals surface area contributed by atoms with E-state index in [0.717, 1.165) is 16.1 Å². The van der Waals surface area contributed by atoms with Crippen molar-refractivity contribution in [3.63, 3.8) is 0 Å². The van der Waals surface area contributed by atoms with Gasteiger partial charge in [0, 0.05) is 36.5 Å². The van der Waals surface area contributed by atoms with Gasteiger partial charge in [-0.15, -0.1) is 10.2 Å². The maximum absolute atomic E-state index is 13.4. The lowest BCUT2D eigenvalue weighted by atomic mass is 10.1. The Hall–Kier alpha value is -3.90. The summed E-state index contributed by atoms with van der Waals surface area (Å²) in [5, 5.41) is 27.7. The molecule has 1 aliphatic rings. The molecular formula is C22H21N7O4S. The Morgan fingerprint density at radius 1 is 1.15 bits per heavy atom. The first-order valence-corrected chi connectivity index (χ1v) is 11.4. The fourth-order valence-electron chi connectivity index (χ4n) is 3.81. The molecule has 1 fully saturated rings. The molecule has 34 heavy (non-hydrogen) atoms. The molecule has 1 aliphatic heterocycles. The first-order valence-electron chi connectivity index (χ1n) is 10.6. The second-order valence-electron chi connectivity index (χ2n) is 7.89. The lowest BCUT2D eigenvalue weighted by molar-refractivity contribution is -0.384. The number of fused-ring (bicyclic) bond motifs is 1. The van der Waals surface area contributed by atoms with Crippen LogP contribution >= 0.6 is 11.3 Å². The molecule has 0 radical (unpaired) electrons. The summed E-state index contributed by atoms with van der Waals surface area (Å²) in [5.74, 6) is 0.277. The summed E-state index contributed by atoms with van der Waals surface area (Å²) in [5.41, 5.74) is 3.03. The van der Waals surface area contributed by atoms with Crippen LogP contribution in [0.3, 0.4) is 0 Å². The zero-order chi connectivity index (χ0) is 23.8. The molecule has 5 rings (SSSR count). The first kappa shape index (κ1) is 21.9. The van der Waals surface area contributed by atoms with Crippen LogP contribution in [-0.4, -0.2) is 56.9 Å². The third kappa shape index (κ3) is 4.08. The molecule has 3 heterocycles. The van der Waals surface area contributed by atoms with Gasteiger partial charge in [0.1, 0.15) is 5.01 Å². The summed E-state index contributed by atoms with van der Waals surface area (Å²) in [6.07, 6.45) is 0. The minimum atomic E-state index is -0.499. The van der Waals surface area contributed by atoms with Gasteiger partial charge in [0.25, 0.3) is 11.6 Å². The van der Waals surface area contributed by atoms with E-state index in [1.54, 1.807) is 10.6 Å². The lowest BCUT2D eigenvalue weighted by Gasteiger charge is -2.30. The normalized spacial score (nSPS) is 13.9. The van der Waals surface area contributed by atoms with Gasteiger partial charge < -0.3 is 15.0 Å². The van der Waals surface area contributed by atoms with E-state index in [9.17, 15) is 14.9 Å². The monoisotopic (exact) mass is 479 g/mol. The number of benzene rings is 2. The maximum Gasteiger partial charge on any atom is 0.270 e. The number of anilines is 2. The highest BCUT2D eigenvalue weighted by molar-refractivity contribution is 7.19. The molecule has 0 saturated carbocycles. The predicted octanol–water partition coefficient (Wildman–Crippen LogP) is 3.47. The van der Waals surface area contributed by atoms with E-state index >= 15 is 0 Å². The number of hydrogen-bond donors (Lipinski definition) is 1. The molecule has 1 saturated heterocycles. The average molecular weight is 480 g/mol. The summed E-state index contributed by atoms with van der Waals surface area (Å²) in [6, 6.07) is 10.0. The van der Waals surface area contributed by atoms with Gasteiger partial charge in [0.05, 0.1) is 29.4 Å². The number of nitro groups is 1. The van der Waals surface area contributed by atoms with Gasteiger partial charge in [-0.05, 0) is 31.5 Å². The largest absolute Gasteiger partial charge is 0.378 e. The minimum absolute atomic E-state index is 0.136. The highest BCUT2D eigenvalue weighted by atomic mass is 32.1. The third-order valence-corrected chi connectivity index (χ3v) is 6.61. The summed E-state index contributed by atoms with van der Waals surface area (Å²) >= 11 is 1.40. The molecule has 11 nitrogen and oxygen atoms in total. The summed E-state index contributed by atoms with van der Waals surface area (Å²) in [4.78, 5) is 26.9. The Balaban J connectivity index is 1.48. The standard InChI is InChI=1S/C22H21N7O4S/c1-13-3-4-15(21-26-28-14(2)24-25-22(28)34-21)11-18(13)23-20(30)17-12-16(29(31)32)5-6-19(17)27-7-9-33-10-8-27/h3-6,11-12H,7-10H2,1-2H3,(H,23,30). The van der Waals surface area contributed by atoms with Crippen LogP contribution in [0.5, 0.6) is 0 Å². The van der Waals surface area contributed by atoms with Gasteiger partial charge in [-0.3, -0.25) is 14.9 Å². The molecule has 0 aliphatic carbocycles. The maximum atomic E-state index is 13.4. The van der Waals surface area contributed by atoms with Crippen LogP contribution in [0.4, 0.5) is 17.1 Å². The van der Waals surface area contributed by atoms with Gasteiger partial charge in [-0.25, -0.2) is 0 Å².